The number of hydrogen-bond acceptors (Lipinski definition) is 3. The molecule has 2 fully saturated rings. The largest absolute Gasteiger partial charge is 0.379 e. The Labute approximate surface area is 103 Å². The zero-order valence-corrected chi connectivity index (χ0v) is 10.4. The minimum Gasteiger partial charge on any atom is -0.379 e. The van der Waals surface area contributed by atoms with Crippen molar-refractivity contribution in [3.05, 3.63) is 0 Å². The summed E-state index contributed by atoms with van der Waals surface area (Å²) in [4.78, 5) is 14.1. The number of nitrogens with one attached hydrogen (secondary N) is 1. The lowest BCUT2D eigenvalue weighted by atomic mass is 10.00. The number of urea groups is 1. The molecular weight excluding hydrogens is 218 g/mol. The molecule has 5 heteroatoms. The second-order valence-corrected chi connectivity index (χ2v) is 4.93. The lowest BCUT2D eigenvalue weighted by molar-refractivity contribution is 0.141. The number of nitrogens with zero attached hydrogens (tertiary/aromatic N) is 1. The molecule has 2 aliphatic rings. The molecule has 0 aromatic carbocycles. The van der Waals surface area contributed by atoms with Crippen LogP contribution >= 0.6 is 0 Å². The Morgan fingerprint density at radius 2 is 2.29 bits per heavy atom. The van der Waals surface area contributed by atoms with Crippen molar-refractivity contribution in [1.29, 1.82) is 0 Å². The van der Waals surface area contributed by atoms with E-state index in [1.807, 2.05) is 4.90 Å². The molecule has 2 atom stereocenters. The molecule has 0 spiro atoms. The summed E-state index contributed by atoms with van der Waals surface area (Å²) in [6.07, 6.45) is 5.25. The van der Waals surface area contributed by atoms with Crippen molar-refractivity contribution in [2.75, 3.05) is 26.3 Å². The van der Waals surface area contributed by atoms with Gasteiger partial charge in [0.05, 0.1) is 12.6 Å². The molecule has 98 valence electrons. The SMILES string of the molecule is NCCC1CCCCN1C(=O)NC1CCOC1. The summed E-state index contributed by atoms with van der Waals surface area (Å²) in [5, 5.41) is 3.06. The molecule has 2 heterocycles. The van der Waals surface area contributed by atoms with Crippen molar-refractivity contribution in [2.24, 2.45) is 5.73 Å². The van der Waals surface area contributed by atoms with E-state index in [0.29, 0.717) is 19.2 Å². The normalized spacial score (nSPS) is 29.4. The van der Waals surface area contributed by atoms with Crippen molar-refractivity contribution in [1.82, 2.24) is 10.2 Å². The minimum absolute atomic E-state index is 0.0682. The number of carbonyl (C=O) groups excluding carboxylic acids is 1. The van der Waals surface area contributed by atoms with Gasteiger partial charge in [0.1, 0.15) is 0 Å². The third kappa shape index (κ3) is 3.33. The Balaban J connectivity index is 1.86. The number of amides is 2. The average molecular weight is 241 g/mol. The molecule has 3 N–H and O–H groups in total. The predicted molar refractivity (Wildman–Crippen MR) is 65.8 cm³/mol. The van der Waals surface area contributed by atoms with Crippen LogP contribution in [0.1, 0.15) is 32.1 Å². The fourth-order valence-corrected chi connectivity index (χ4v) is 2.67. The van der Waals surface area contributed by atoms with Crippen molar-refractivity contribution >= 4 is 6.03 Å². The molecule has 2 saturated heterocycles. The van der Waals surface area contributed by atoms with Gasteiger partial charge in [-0.3, -0.25) is 0 Å². The molecule has 0 aromatic rings. The predicted octanol–water partition coefficient (Wildman–Crippen LogP) is 0.688. The van der Waals surface area contributed by atoms with E-state index in [1.165, 1.54) is 6.42 Å². The van der Waals surface area contributed by atoms with E-state index < -0.39 is 0 Å². The summed E-state index contributed by atoms with van der Waals surface area (Å²) in [6.45, 7) is 2.93. The maximum absolute atomic E-state index is 12.2. The van der Waals surface area contributed by atoms with Crippen LogP contribution in [0.15, 0.2) is 0 Å². The van der Waals surface area contributed by atoms with Gasteiger partial charge >= 0.3 is 6.03 Å². The molecule has 2 rings (SSSR count). The highest BCUT2D eigenvalue weighted by atomic mass is 16.5. The molecule has 0 saturated carbocycles. The van der Waals surface area contributed by atoms with Gasteiger partial charge in [-0.2, -0.15) is 0 Å². The fourth-order valence-electron chi connectivity index (χ4n) is 2.67. The van der Waals surface area contributed by atoms with E-state index in [4.69, 9.17) is 10.5 Å². The maximum atomic E-state index is 12.2. The van der Waals surface area contributed by atoms with E-state index in [-0.39, 0.29) is 12.1 Å². The molecular formula is C12H23N3O2. The number of piperidine rings is 1. The van der Waals surface area contributed by atoms with Crippen LogP contribution in [0.5, 0.6) is 0 Å². The first-order chi connectivity index (χ1) is 8.31. The van der Waals surface area contributed by atoms with Crippen molar-refractivity contribution in [2.45, 2.75) is 44.2 Å². The number of hydrogen-bond donors (Lipinski definition) is 2. The second kappa shape index (κ2) is 6.21. The van der Waals surface area contributed by atoms with Gasteiger partial charge in [-0.25, -0.2) is 4.79 Å². The quantitative estimate of drug-likeness (QED) is 0.764. The topological polar surface area (TPSA) is 67.6 Å². The number of rotatable bonds is 3. The molecule has 2 unspecified atom stereocenters. The molecule has 5 nitrogen and oxygen atoms in total. The smallest absolute Gasteiger partial charge is 0.317 e. The fraction of sp³-hybridized carbons (Fsp3) is 0.917. The van der Waals surface area contributed by atoms with Crippen LogP contribution in [0.2, 0.25) is 0 Å². The van der Waals surface area contributed by atoms with Crippen molar-refractivity contribution < 1.29 is 9.53 Å². The third-order valence-electron chi connectivity index (χ3n) is 3.65. The molecule has 0 aliphatic carbocycles. The average Bonchev–Trinajstić information content (AvgIpc) is 2.83. The number of nitrogens with two attached hydrogens (primary N) is 1. The number of carbonyl (C=O) groups is 1. The summed E-state index contributed by atoms with van der Waals surface area (Å²) in [5.41, 5.74) is 5.61. The molecule has 17 heavy (non-hydrogen) atoms. The van der Waals surface area contributed by atoms with Crippen molar-refractivity contribution in [3.8, 4) is 0 Å². The highest BCUT2D eigenvalue weighted by molar-refractivity contribution is 5.75. The summed E-state index contributed by atoms with van der Waals surface area (Å²) in [5.74, 6) is 0. The number of likely N-dealkylation sites (tertiary alicyclic amines) is 1. The van der Waals surface area contributed by atoms with Gasteiger partial charge in [-0.15, -0.1) is 0 Å². The van der Waals surface area contributed by atoms with Crippen LogP contribution < -0.4 is 11.1 Å². The van der Waals surface area contributed by atoms with Gasteiger partial charge < -0.3 is 20.7 Å². The first kappa shape index (κ1) is 12.6. The molecule has 0 bridgehead atoms. The van der Waals surface area contributed by atoms with Crippen LogP contribution in [0, 0.1) is 0 Å². The van der Waals surface area contributed by atoms with Crippen LogP contribution in [0.4, 0.5) is 4.79 Å². The van der Waals surface area contributed by atoms with Gasteiger partial charge in [0.15, 0.2) is 0 Å². The summed E-state index contributed by atoms with van der Waals surface area (Å²) < 4.78 is 5.27. The first-order valence-electron chi connectivity index (χ1n) is 6.66. The van der Waals surface area contributed by atoms with E-state index in [9.17, 15) is 4.79 Å². The zero-order chi connectivity index (χ0) is 12.1. The Bertz CT molecular complexity index is 252. The Hall–Kier alpha value is -0.810. The van der Waals surface area contributed by atoms with Crippen LogP contribution in [-0.2, 0) is 4.74 Å². The van der Waals surface area contributed by atoms with Crippen LogP contribution in [-0.4, -0.2) is 49.3 Å². The van der Waals surface area contributed by atoms with Gasteiger partial charge in [-0.05, 0) is 38.6 Å². The highest BCUT2D eigenvalue weighted by Crippen LogP contribution is 2.19. The van der Waals surface area contributed by atoms with Gasteiger partial charge in [0.2, 0.25) is 0 Å². The molecule has 2 amide bonds. The van der Waals surface area contributed by atoms with Gasteiger partial charge in [0, 0.05) is 19.2 Å². The van der Waals surface area contributed by atoms with E-state index >= 15 is 0 Å². The van der Waals surface area contributed by atoms with Crippen molar-refractivity contribution in [3.63, 3.8) is 0 Å². The molecule has 2 aliphatic heterocycles. The first-order valence-corrected chi connectivity index (χ1v) is 6.66. The van der Waals surface area contributed by atoms with E-state index in [2.05, 4.69) is 5.32 Å². The second-order valence-electron chi connectivity index (χ2n) is 4.93. The van der Waals surface area contributed by atoms with Crippen LogP contribution in [0.25, 0.3) is 0 Å². The Kier molecular flexibility index (Phi) is 4.62. The highest BCUT2D eigenvalue weighted by Gasteiger charge is 2.28. The zero-order valence-electron chi connectivity index (χ0n) is 10.4. The lowest BCUT2D eigenvalue weighted by Gasteiger charge is -2.36. The molecule has 0 radical (unpaired) electrons. The van der Waals surface area contributed by atoms with Crippen LogP contribution in [0.3, 0.4) is 0 Å². The van der Waals surface area contributed by atoms with Gasteiger partial charge in [-0.1, -0.05) is 0 Å². The standard InChI is InChI=1S/C12H23N3O2/c13-6-4-11-3-1-2-7-15(11)12(16)14-10-5-8-17-9-10/h10-11H,1-9,13H2,(H,14,16). The monoisotopic (exact) mass is 241 g/mol. The van der Waals surface area contributed by atoms with E-state index in [1.54, 1.807) is 0 Å². The lowest BCUT2D eigenvalue weighted by Crippen LogP contribution is -2.51. The Morgan fingerprint density at radius 3 is 3.00 bits per heavy atom. The summed E-state index contributed by atoms with van der Waals surface area (Å²) >= 11 is 0. The van der Waals surface area contributed by atoms with E-state index in [0.717, 1.165) is 38.8 Å². The molecule has 0 aromatic heterocycles. The number of ether oxygens (including phenoxy) is 1. The minimum atomic E-state index is 0.0682. The maximum Gasteiger partial charge on any atom is 0.317 e. The summed E-state index contributed by atoms with van der Waals surface area (Å²) in [7, 11) is 0. The Morgan fingerprint density at radius 1 is 1.41 bits per heavy atom. The third-order valence-corrected chi connectivity index (χ3v) is 3.65. The van der Waals surface area contributed by atoms with Gasteiger partial charge in [0.25, 0.3) is 0 Å². The summed E-state index contributed by atoms with van der Waals surface area (Å²) in [6, 6.07) is 0.595.